The number of pyridine rings is 1. The van der Waals surface area contributed by atoms with Crippen LogP contribution in [0.15, 0.2) is 42.6 Å². The minimum atomic E-state index is -4.59. The Morgan fingerprint density at radius 1 is 1.16 bits per heavy atom. The van der Waals surface area contributed by atoms with Crippen LogP contribution in [0, 0.1) is 0 Å². The number of aromatic nitrogens is 1. The zero-order valence-corrected chi connectivity index (χ0v) is 9.61. The first-order valence-electron chi connectivity index (χ1n) is 5.32. The third-order valence-corrected chi connectivity index (χ3v) is 2.52. The molecule has 1 aromatic carbocycles. The monoisotopic (exact) mass is 266 g/mol. The summed E-state index contributed by atoms with van der Waals surface area (Å²) in [6.07, 6.45) is -3.19. The van der Waals surface area contributed by atoms with Gasteiger partial charge in [-0.25, -0.2) is 0 Å². The number of nitrogens with two attached hydrogens (primary N) is 1. The molecule has 3 nitrogen and oxygen atoms in total. The number of carbonyl (C=O) groups is 1. The van der Waals surface area contributed by atoms with Crippen molar-refractivity contribution in [1.82, 2.24) is 4.98 Å². The second kappa shape index (κ2) is 4.72. The lowest BCUT2D eigenvalue weighted by Crippen LogP contribution is -2.12. The van der Waals surface area contributed by atoms with Gasteiger partial charge < -0.3 is 5.73 Å². The van der Waals surface area contributed by atoms with Crippen LogP contribution in [0.5, 0.6) is 0 Å². The van der Waals surface area contributed by atoms with Crippen LogP contribution in [-0.2, 0) is 6.18 Å². The van der Waals surface area contributed by atoms with Gasteiger partial charge in [0.25, 0.3) is 0 Å². The standard InChI is InChI=1S/C13H9F3N2O/c14-13(15,16)9-7-8(4-5-10(9)17)12(19)11-3-1-2-6-18-11/h1-7H,17H2. The van der Waals surface area contributed by atoms with Crippen molar-refractivity contribution in [2.24, 2.45) is 0 Å². The molecule has 0 fully saturated rings. The third-order valence-electron chi connectivity index (χ3n) is 2.52. The van der Waals surface area contributed by atoms with Gasteiger partial charge in [0.2, 0.25) is 5.78 Å². The van der Waals surface area contributed by atoms with E-state index >= 15 is 0 Å². The van der Waals surface area contributed by atoms with Crippen LogP contribution in [-0.4, -0.2) is 10.8 Å². The molecule has 1 aromatic heterocycles. The van der Waals surface area contributed by atoms with Crippen LogP contribution in [0.2, 0.25) is 0 Å². The first-order valence-corrected chi connectivity index (χ1v) is 5.32. The van der Waals surface area contributed by atoms with E-state index < -0.39 is 23.2 Å². The molecule has 0 radical (unpaired) electrons. The molecule has 19 heavy (non-hydrogen) atoms. The van der Waals surface area contributed by atoms with E-state index in [1.807, 2.05) is 0 Å². The van der Waals surface area contributed by atoms with Crippen molar-refractivity contribution in [3.63, 3.8) is 0 Å². The summed E-state index contributed by atoms with van der Waals surface area (Å²) in [6.45, 7) is 0. The van der Waals surface area contributed by atoms with Crippen molar-refractivity contribution in [3.05, 3.63) is 59.4 Å². The van der Waals surface area contributed by atoms with E-state index in [2.05, 4.69) is 4.98 Å². The van der Waals surface area contributed by atoms with E-state index in [0.29, 0.717) is 0 Å². The lowest BCUT2D eigenvalue weighted by Gasteiger charge is -2.11. The molecule has 0 bridgehead atoms. The number of nitrogen functional groups attached to an aromatic ring is 1. The quantitative estimate of drug-likeness (QED) is 0.671. The average Bonchev–Trinajstić information content (AvgIpc) is 2.38. The van der Waals surface area contributed by atoms with Crippen LogP contribution in [0.25, 0.3) is 0 Å². The summed E-state index contributed by atoms with van der Waals surface area (Å²) >= 11 is 0. The van der Waals surface area contributed by atoms with Crippen molar-refractivity contribution in [2.75, 3.05) is 5.73 Å². The Morgan fingerprint density at radius 2 is 1.89 bits per heavy atom. The lowest BCUT2D eigenvalue weighted by molar-refractivity contribution is -0.136. The van der Waals surface area contributed by atoms with Crippen molar-refractivity contribution in [2.45, 2.75) is 6.18 Å². The summed E-state index contributed by atoms with van der Waals surface area (Å²) in [5, 5.41) is 0. The summed E-state index contributed by atoms with van der Waals surface area (Å²) in [4.78, 5) is 15.8. The minimum absolute atomic E-state index is 0.0837. The largest absolute Gasteiger partial charge is 0.418 e. The van der Waals surface area contributed by atoms with Gasteiger partial charge in [-0.3, -0.25) is 9.78 Å². The summed E-state index contributed by atoms with van der Waals surface area (Å²) in [5.41, 5.74) is 3.82. The molecule has 0 saturated heterocycles. The fourth-order valence-electron chi connectivity index (χ4n) is 1.59. The van der Waals surface area contributed by atoms with Crippen LogP contribution >= 0.6 is 0 Å². The molecule has 0 saturated carbocycles. The molecule has 0 atom stereocenters. The fourth-order valence-corrected chi connectivity index (χ4v) is 1.59. The Labute approximate surface area is 106 Å². The van der Waals surface area contributed by atoms with Crippen LogP contribution < -0.4 is 5.73 Å². The molecule has 2 aromatic rings. The summed E-state index contributed by atoms with van der Waals surface area (Å²) < 4.78 is 38.1. The van der Waals surface area contributed by atoms with E-state index in [4.69, 9.17) is 5.73 Å². The second-order valence-electron chi connectivity index (χ2n) is 3.84. The Balaban J connectivity index is 2.45. The Bertz CT molecular complexity index is 609. The second-order valence-corrected chi connectivity index (χ2v) is 3.84. The van der Waals surface area contributed by atoms with E-state index in [9.17, 15) is 18.0 Å². The van der Waals surface area contributed by atoms with E-state index in [0.717, 1.165) is 12.1 Å². The Kier molecular flexibility index (Phi) is 3.25. The van der Waals surface area contributed by atoms with Crippen LogP contribution in [0.1, 0.15) is 21.6 Å². The molecule has 6 heteroatoms. The van der Waals surface area contributed by atoms with E-state index in [1.54, 1.807) is 12.1 Å². The summed E-state index contributed by atoms with van der Waals surface area (Å²) in [6, 6.07) is 7.70. The maximum Gasteiger partial charge on any atom is 0.418 e. The van der Waals surface area contributed by atoms with E-state index in [-0.39, 0.29) is 11.3 Å². The van der Waals surface area contributed by atoms with E-state index in [1.165, 1.54) is 18.3 Å². The van der Waals surface area contributed by atoms with Gasteiger partial charge in [-0.15, -0.1) is 0 Å². The highest BCUT2D eigenvalue weighted by molar-refractivity contribution is 6.08. The van der Waals surface area contributed by atoms with Gasteiger partial charge in [-0.2, -0.15) is 13.2 Å². The molecule has 0 aliphatic rings. The first kappa shape index (κ1) is 13.1. The van der Waals surface area contributed by atoms with Gasteiger partial charge in [0, 0.05) is 17.4 Å². The highest BCUT2D eigenvalue weighted by Gasteiger charge is 2.33. The van der Waals surface area contributed by atoms with Gasteiger partial charge in [0.15, 0.2) is 0 Å². The molecule has 0 aliphatic carbocycles. The Morgan fingerprint density at radius 3 is 2.47 bits per heavy atom. The predicted octanol–water partition coefficient (Wildman–Crippen LogP) is 2.91. The van der Waals surface area contributed by atoms with Crippen LogP contribution in [0.3, 0.4) is 0 Å². The average molecular weight is 266 g/mol. The smallest absolute Gasteiger partial charge is 0.398 e. The highest BCUT2D eigenvalue weighted by Crippen LogP contribution is 2.34. The molecule has 0 amide bonds. The number of alkyl halides is 3. The zero-order valence-electron chi connectivity index (χ0n) is 9.61. The summed E-state index contributed by atoms with van der Waals surface area (Å²) in [5.74, 6) is -0.578. The van der Waals surface area contributed by atoms with Gasteiger partial charge in [-0.1, -0.05) is 6.07 Å². The molecular weight excluding hydrogens is 257 g/mol. The van der Waals surface area contributed by atoms with Gasteiger partial charge in [-0.05, 0) is 30.3 Å². The maximum absolute atomic E-state index is 12.7. The number of ketones is 1. The molecule has 0 aliphatic heterocycles. The Hall–Kier alpha value is -2.37. The summed E-state index contributed by atoms with van der Waals surface area (Å²) in [7, 11) is 0. The topological polar surface area (TPSA) is 56.0 Å². The fraction of sp³-hybridized carbons (Fsp3) is 0.0769. The van der Waals surface area contributed by atoms with Crippen LogP contribution in [0.4, 0.5) is 18.9 Å². The van der Waals surface area contributed by atoms with Gasteiger partial charge in [0.1, 0.15) is 5.69 Å². The lowest BCUT2D eigenvalue weighted by atomic mass is 10.0. The maximum atomic E-state index is 12.7. The van der Waals surface area contributed by atoms with Crippen molar-refractivity contribution in [1.29, 1.82) is 0 Å². The molecule has 0 spiro atoms. The normalized spacial score (nSPS) is 11.3. The number of hydrogen-bond acceptors (Lipinski definition) is 3. The number of benzene rings is 1. The number of anilines is 1. The zero-order chi connectivity index (χ0) is 14.0. The first-order chi connectivity index (χ1) is 8.89. The molecule has 1 heterocycles. The molecule has 2 rings (SSSR count). The van der Waals surface area contributed by atoms with Gasteiger partial charge in [0.05, 0.1) is 5.56 Å². The molecule has 2 N–H and O–H groups in total. The molecule has 0 unspecified atom stereocenters. The minimum Gasteiger partial charge on any atom is -0.398 e. The molecular formula is C13H9F3N2O. The number of hydrogen-bond donors (Lipinski definition) is 1. The number of nitrogens with zero attached hydrogens (tertiary/aromatic N) is 1. The number of rotatable bonds is 2. The highest BCUT2D eigenvalue weighted by atomic mass is 19.4. The van der Waals surface area contributed by atoms with Crippen molar-refractivity contribution >= 4 is 11.5 Å². The van der Waals surface area contributed by atoms with Gasteiger partial charge >= 0.3 is 6.18 Å². The SMILES string of the molecule is Nc1ccc(C(=O)c2ccccn2)cc1C(F)(F)F. The predicted molar refractivity (Wildman–Crippen MR) is 63.5 cm³/mol. The van der Waals surface area contributed by atoms with Crippen molar-refractivity contribution in [3.8, 4) is 0 Å². The van der Waals surface area contributed by atoms with Crippen molar-refractivity contribution < 1.29 is 18.0 Å². The molecule has 98 valence electrons. The number of carbonyl (C=O) groups excluding carboxylic acids is 1. The third kappa shape index (κ3) is 2.73. The number of halogens is 3.